The maximum absolute atomic E-state index is 12.7. The first kappa shape index (κ1) is 54.9. The van der Waals surface area contributed by atoms with Crippen molar-refractivity contribution in [3.8, 4) is 0 Å². The molecule has 0 aliphatic carbocycles. The van der Waals surface area contributed by atoms with Gasteiger partial charge in [-0.2, -0.15) is 0 Å². The Hall–Kier alpha value is -3.07. The molecule has 58 heavy (non-hydrogen) atoms. The molecule has 0 saturated heterocycles. The van der Waals surface area contributed by atoms with Crippen LogP contribution < -0.4 is 0 Å². The molecule has 0 aliphatic rings. The average molecular weight is 831 g/mol. The highest BCUT2D eigenvalue weighted by atomic mass is 31.2. The van der Waals surface area contributed by atoms with E-state index in [0.29, 0.717) is 23.9 Å². The lowest BCUT2D eigenvalue weighted by Gasteiger charge is -2.24. The number of ether oxygens (including phenoxy) is 2. The van der Waals surface area contributed by atoms with E-state index in [-0.39, 0.29) is 26.1 Å². The Bertz CT molecular complexity index is 1300. The maximum atomic E-state index is 12.7. The molecule has 2 atom stereocenters. The van der Waals surface area contributed by atoms with Gasteiger partial charge in [-0.15, -0.1) is 0 Å². The van der Waals surface area contributed by atoms with Gasteiger partial charge in [0.1, 0.15) is 19.8 Å². The largest absolute Gasteiger partial charge is 0.472 e. The van der Waals surface area contributed by atoms with Crippen LogP contribution in [0.3, 0.4) is 0 Å². The van der Waals surface area contributed by atoms with Gasteiger partial charge in [-0.1, -0.05) is 137 Å². The molecule has 0 aromatic carbocycles. The molecule has 0 spiro atoms. The normalized spacial score (nSPS) is 14.5. The molecule has 0 rings (SSSR count). The number of carbonyl (C=O) groups excluding carboxylic acids is 2. The van der Waals surface area contributed by atoms with Crippen molar-refractivity contribution in [2.24, 2.45) is 0 Å². The van der Waals surface area contributed by atoms with Crippen LogP contribution in [0.4, 0.5) is 0 Å². The molecule has 1 N–H and O–H groups in total. The Balaban J connectivity index is 4.58. The van der Waals surface area contributed by atoms with Gasteiger partial charge in [-0.05, 0) is 89.9 Å². The molecule has 0 aromatic rings. The molecule has 330 valence electrons. The Morgan fingerprint density at radius 2 is 0.948 bits per heavy atom. The van der Waals surface area contributed by atoms with Crippen molar-refractivity contribution in [3.63, 3.8) is 0 Å². The summed E-state index contributed by atoms with van der Waals surface area (Å²) in [5.41, 5.74) is 0. The average Bonchev–Trinajstić information content (AvgIpc) is 3.17. The molecule has 0 fully saturated rings. The summed E-state index contributed by atoms with van der Waals surface area (Å²) in [6.45, 7) is 4.20. The lowest BCUT2D eigenvalue weighted by molar-refractivity contribution is -0.870. The van der Waals surface area contributed by atoms with Crippen LogP contribution in [0.15, 0.2) is 97.2 Å². The summed E-state index contributed by atoms with van der Waals surface area (Å²) >= 11 is 0. The lowest BCUT2D eigenvalue weighted by Crippen LogP contribution is -2.37. The number of allylic oxidation sites excluding steroid dienone is 16. The van der Waals surface area contributed by atoms with Crippen molar-refractivity contribution < 1.29 is 42.1 Å². The molecule has 0 heterocycles. The number of hydrogen-bond donors (Lipinski definition) is 1. The SMILES string of the molecule is CCCCC/C=C\C/C=C\C/C=C\C/C=C\C/C=C\CCC(=O)O[C@H](COC(=O)CCCC/C=C\C/C=C\C/C=C\CCCCC)COP(=O)(O)OCC[N+](C)(C)C. The van der Waals surface area contributed by atoms with Crippen molar-refractivity contribution in [1.82, 2.24) is 0 Å². The maximum Gasteiger partial charge on any atom is 0.472 e. The van der Waals surface area contributed by atoms with Crippen LogP contribution in [-0.2, 0) is 32.7 Å². The first-order valence-corrected chi connectivity index (χ1v) is 23.5. The van der Waals surface area contributed by atoms with Crippen molar-refractivity contribution in [2.75, 3.05) is 47.5 Å². The molecule has 0 bridgehead atoms. The first-order valence-electron chi connectivity index (χ1n) is 22.0. The van der Waals surface area contributed by atoms with Crippen molar-refractivity contribution in [3.05, 3.63) is 97.2 Å². The van der Waals surface area contributed by atoms with Crippen LogP contribution >= 0.6 is 7.82 Å². The molecular formula is C48H81NO8P+. The minimum absolute atomic E-state index is 0.00680. The summed E-state index contributed by atoms with van der Waals surface area (Å²) in [5.74, 6) is -0.951. The Morgan fingerprint density at radius 3 is 1.38 bits per heavy atom. The molecule has 0 aliphatic heterocycles. The molecule has 10 heteroatoms. The topological polar surface area (TPSA) is 108 Å². The highest BCUT2D eigenvalue weighted by Gasteiger charge is 2.27. The smallest absolute Gasteiger partial charge is 0.462 e. The third-order valence-corrected chi connectivity index (χ3v) is 9.58. The number of quaternary nitrogens is 1. The zero-order valence-electron chi connectivity index (χ0n) is 37.0. The summed E-state index contributed by atoms with van der Waals surface area (Å²) in [5, 5.41) is 0. The molecule has 0 amide bonds. The summed E-state index contributed by atoms with van der Waals surface area (Å²) in [4.78, 5) is 35.3. The summed E-state index contributed by atoms with van der Waals surface area (Å²) in [7, 11) is 1.39. The third kappa shape index (κ3) is 42.5. The van der Waals surface area contributed by atoms with Crippen LogP contribution in [0.25, 0.3) is 0 Å². The Labute approximate surface area is 353 Å². The monoisotopic (exact) mass is 831 g/mol. The van der Waals surface area contributed by atoms with E-state index in [0.717, 1.165) is 57.8 Å². The fraction of sp³-hybridized carbons (Fsp3) is 0.625. The van der Waals surface area contributed by atoms with Gasteiger partial charge in [0.15, 0.2) is 6.10 Å². The number of phosphoric ester groups is 1. The second-order valence-electron chi connectivity index (χ2n) is 15.4. The van der Waals surface area contributed by atoms with Gasteiger partial charge in [0, 0.05) is 12.8 Å². The van der Waals surface area contributed by atoms with E-state index in [1.54, 1.807) is 0 Å². The molecule has 0 aromatic heterocycles. The van der Waals surface area contributed by atoms with Crippen LogP contribution in [0.2, 0.25) is 0 Å². The number of rotatable bonds is 38. The van der Waals surface area contributed by atoms with Crippen molar-refractivity contribution in [2.45, 2.75) is 148 Å². The number of unbranched alkanes of at least 4 members (excludes halogenated alkanes) is 8. The number of nitrogens with zero attached hydrogens (tertiary/aromatic N) is 1. The predicted octanol–water partition coefficient (Wildman–Crippen LogP) is 12.6. The second kappa shape index (κ2) is 39.4. The van der Waals surface area contributed by atoms with E-state index in [2.05, 4.69) is 98.9 Å². The Morgan fingerprint density at radius 1 is 0.534 bits per heavy atom. The number of likely N-dealkylation sites (N-methyl/N-ethyl adjacent to an activating group) is 1. The van der Waals surface area contributed by atoms with Gasteiger partial charge in [0.05, 0.1) is 27.7 Å². The fourth-order valence-corrected chi connectivity index (χ4v) is 5.86. The molecular weight excluding hydrogens is 750 g/mol. The lowest BCUT2D eigenvalue weighted by atomic mass is 10.1. The van der Waals surface area contributed by atoms with Gasteiger partial charge >= 0.3 is 19.8 Å². The van der Waals surface area contributed by atoms with E-state index in [1.807, 2.05) is 33.3 Å². The van der Waals surface area contributed by atoms with Crippen LogP contribution in [0, 0.1) is 0 Å². The number of esters is 2. The highest BCUT2D eigenvalue weighted by Crippen LogP contribution is 2.43. The minimum Gasteiger partial charge on any atom is -0.462 e. The van der Waals surface area contributed by atoms with Gasteiger partial charge in [0.25, 0.3) is 0 Å². The van der Waals surface area contributed by atoms with Crippen molar-refractivity contribution in [1.29, 1.82) is 0 Å². The fourth-order valence-electron chi connectivity index (χ4n) is 5.12. The third-order valence-electron chi connectivity index (χ3n) is 8.60. The van der Waals surface area contributed by atoms with Crippen LogP contribution in [0.5, 0.6) is 0 Å². The van der Waals surface area contributed by atoms with Gasteiger partial charge in [-0.25, -0.2) is 4.57 Å². The van der Waals surface area contributed by atoms with Gasteiger partial charge in [0.2, 0.25) is 0 Å². The van der Waals surface area contributed by atoms with Gasteiger partial charge in [-0.3, -0.25) is 18.6 Å². The molecule has 9 nitrogen and oxygen atoms in total. The summed E-state index contributed by atoms with van der Waals surface area (Å²) in [6, 6.07) is 0. The van der Waals surface area contributed by atoms with E-state index in [4.69, 9.17) is 18.5 Å². The molecule has 1 unspecified atom stereocenters. The highest BCUT2D eigenvalue weighted by molar-refractivity contribution is 7.47. The molecule has 0 saturated carbocycles. The standard InChI is InChI=1S/C48H80NO8P/c1-6-8-10-12-14-16-18-20-22-23-24-25-27-29-31-33-35-37-39-41-48(51)57-46(45-56-58(52,53)55-43-42-49(3,4)5)44-54-47(50)40-38-36-34-32-30-28-26-21-19-17-15-13-11-9-7-2/h14-17,20-22,24-26,29-32,35,37,46H,6-13,18-19,23,27-28,33-34,36,38-45H2,1-5H3/p+1/b16-14-,17-15-,22-20-,25-24-,26-21-,31-29-,32-30-,37-35-/t46-/m1/s1. The number of phosphoric acid groups is 1. The number of carbonyl (C=O) groups is 2. The molecule has 0 radical (unpaired) electrons. The second-order valence-corrected chi connectivity index (χ2v) is 16.8. The predicted molar refractivity (Wildman–Crippen MR) is 242 cm³/mol. The first-order chi connectivity index (χ1) is 28.0. The van der Waals surface area contributed by atoms with E-state index >= 15 is 0 Å². The zero-order valence-corrected chi connectivity index (χ0v) is 37.9. The minimum atomic E-state index is -4.41. The van der Waals surface area contributed by atoms with E-state index in [1.165, 1.54) is 44.9 Å². The van der Waals surface area contributed by atoms with Crippen LogP contribution in [0.1, 0.15) is 142 Å². The van der Waals surface area contributed by atoms with Crippen molar-refractivity contribution >= 4 is 19.8 Å². The zero-order chi connectivity index (χ0) is 42.8. The summed E-state index contributed by atoms with van der Waals surface area (Å²) in [6.07, 6.45) is 51.9. The van der Waals surface area contributed by atoms with Crippen LogP contribution in [-0.4, -0.2) is 74.9 Å². The van der Waals surface area contributed by atoms with Gasteiger partial charge < -0.3 is 18.9 Å². The summed E-state index contributed by atoms with van der Waals surface area (Å²) < 4.78 is 34.1. The Kier molecular flexibility index (Phi) is 37.3. The van der Waals surface area contributed by atoms with E-state index in [9.17, 15) is 19.0 Å². The number of hydrogen-bond acceptors (Lipinski definition) is 7. The van der Waals surface area contributed by atoms with E-state index < -0.39 is 32.5 Å². The quantitative estimate of drug-likeness (QED) is 0.0215.